The number of hydrogen-bond donors (Lipinski definition) is 3. The first kappa shape index (κ1) is 15.2. The Balaban J connectivity index is 1.41. The fourth-order valence-electron chi connectivity index (χ4n) is 3.46. The summed E-state index contributed by atoms with van der Waals surface area (Å²) in [5.41, 5.74) is 2.07. The average Bonchev–Trinajstić information content (AvgIpc) is 3.16. The topological polar surface area (TPSA) is 90.6 Å². The maximum atomic E-state index is 12.5. The number of Topliss-reactive ketones (excluding diaryl/α,β-unsaturated/α-hetero) is 1. The second-order valence-electron chi connectivity index (χ2n) is 6.94. The van der Waals surface area contributed by atoms with Crippen LogP contribution in [-0.4, -0.2) is 26.9 Å². The second kappa shape index (κ2) is 6.26. The summed E-state index contributed by atoms with van der Waals surface area (Å²) in [6.45, 7) is 0. The van der Waals surface area contributed by atoms with Crippen LogP contribution in [0.5, 0.6) is 0 Å². The molecule has 3 N–H and O–H groups in total. The van der Waals surface area contributed by atoms with Gasteiger partial charge in [0, 0.05) is 35.4 Å². The monoisotopic (exact) mass is 326 g/mol. The van der Waals surface area contributed by atoms with Gasteiger partial charge in [-0.2, -0.15) is 5.10 Å². The molecule has 2 fully saturated rings. The van der Waals surface area contributed by atoms with E-state index >= 15 is 0 Å². The van der Waals surface area contributed by atoms with Gasteiger partial charge in [0.05, 0.1) is 0 Å². The lowest BCUT2D eigenvalue weighted by Crippen LogP contribution is -2.17. The summed E-state index contributed by atoms with van der Waals surface area (Å²) in [5, 5.41) is 9.85. The van der Waals surface area contributed by atoms with E-state index in [9.17, 15) is 9.59 Å². The molecule has 6 nitrogen and oxygen atoms in total. The van der Waals surface area contributed by atoms with E-state index in [1.807, 2.05) is 6.07 Å². The molecule has 126 valence electrons. The van der Waals surface area contributed by atoms with Crippen molar-refractivity contribution in [3.05, 3.63) is 35.3 Å². The highest BCUT2D eigenvalue weighted by Gasteiger charge is 2.26. The normalized spacial score (nSPS) is 18.5. The van der Waals surface area contributed by atoms with Gasteiger partial charge >= 0.3 is 0 Å². The molecular weight excluding hydrogens is 304 g/mol. The number of rotatable bonds is 5. The standard InChI is InChI=1S/C18H22N4O2/c23-17(12-4-2-1-3-5-12)13-8-15(19-10-13)18(24)20-16-9-14(21-22-16)11-6-7-11/h8-12,19H,1-7H2,(H2,20,21,22,24). The first-order valence-corrected chi connectivity index (χ1v) is 8.80. The molecule has 0 unspecified atom stereocenters. The number of carbonyl (C=O) groups is 2. The quantitative estimate of drug-likeness (QED) is 0.733. The van der Waals surface area contributed by atoms with Gasteiger partial charge in [-0.15, -0.1) is 0 Å². The molecule has 0 spiro atoms. The van der Waals surface area contributed by atoms with Crippen LogP contribution in [0.1, 0.15) is 77.4 Å². The van der Waals surface area contributed by atoms with E-state index in [0.29, 0.717) is 23.0 Å². The van der Waals surface area contributed by atoms with Crippen LogP contribution in [0.2, 0.25) is 0 Å². The van der Waals surface area contributed by atoms with Crippen LogP contribution in [0.25, 0.3) is 0 Å². The lowest BCUT2D eigenvalue weighted by atomic mass is 9.84. The van der Waals surface area contributed by atoms with Crippen molar-refractivity contribution in [3.8, 4) is 0 Å². The molecule has 2 heterocycles. The van der Waals surface area contributed by atoms with E-state index in [2.05, 4.69) is 20.5 Å². The number of ketones is 1. The van der Waals surface area contributed by atoms with Crippen molar-refractivity contribution in [2.24, 2.45) is 5.92 Å². The summed E-state index contributed by atoms with van der Waals surface area (Å²) >= 11 is 0. The number of nitrogens with one attached hydrogen (secondary N) is 3. The van der Waals surface area contributed by atoms with Crippen LogP contribution in [0, 0.1) is 5.92 Å². The van der Waals surface area contributed by atoms with Crippen molar-refractivity contribution in [1.29, 1.82) is 0 Å². The Kier molecular flexibility index (Phi) is 3.96. The minimum Gasteiger partial charge on any atom is -0.356 e. The number of H-pyrrole nitrogens is 2. The Morgan fingerprint density at radius 2 is 1.88 bits per heavy atom. The zero-order valence-corrected chi connectivity index (χ0v) is 13.6. The average molecular weight is 326 g/mol. The summed E-state index contributed by atoms with van der Waals surface area (Å²) in [5.74, 6) is 1.08. The molecule has 0 aliphatic heterocycles. The van der Waals surface area contributed by atoms with E-state index in [1.165, 1.54) is 19.3 Å². The van der Waals surface area contributed by atoms with Gasteiger partial charge in [0.1, 0.15) is 5.69 Å². The molecule has 0 radical (unpaired) electrons. The van der Waals surface area contributed by atoms with Crippen molar-refractivity contribution in [2.45, 2.75) is 50.9 Å². The zero-order valence-electron chi connectivity index (χ0n) is 13.6. The number of nitrogens with zero attached hydrogens (tertiary/aromatic N) is 1. The first-order valence-electron chi connectivity index (χ1n) is 8.80. The maximum absolute atomic E-state index is 12.5. The van der Waals surface area contributed by atoms with Crippen molar-refractivity contribution < 1.29 is 9.59 Å². The van der Waals surface area contributed by atoms with Crippen molar-refractivity contribution in [2.75, 3.05) is 5.32 Å². The fraction of sp³-hybridized carbons (Fsp3) is 0.500. The fourth-order valence-corrected chi connectivity index (χ4v) is 3.46. The molecule has 0 bridgehead atoms. The number of aromatic nitrogens is 3. The molecule has 1 amide bonds. The number of aromatic amines is 2. The summed E-state index contributed by atoms with van der Waals surface area (Å²) in [4.78, 5) is 27.7. The van der Waals surface area contributed by atoms with Gasteiger partial charge in [0.2, 0.25) is 0 Å². The SMILES string of the molecule is O=C(Nc1cc(C2CC2)[nH]n1)c1cc(C(=O)C2CCCCC2)c[nH]1. The van der Waals surface area contributed by atoms with Gasteiger partial charge in [-0.05, 0) is 31.7 Å². The van der Waals surface area contributed by atoms with Gasteiger partial charge in [-0.25, -0.2) is 0 Å². The number of amides is 1. The molecule has 4 rings (SSSR count). The maximum Gasteiger partial charge on any atom is 0.273 e. The number of anilines is 1. The first-order chi connectivity index (χ1) is 11.7. The molecule has 2 aliphatic rings. The van der Waals surface area contributed by atoms with Crippen LogP contribution in [0.15, 0.2) is 18.3 Å². The highest BCUT2D eigenvalue weighted by Crippen LogP contribution is 2.39. The predicted octanol–water partition coefficient (Wildman–Crippen LogP) is 3.63. The molecule has 2 aromatic rings. The van der Waals surface area contributed by atoms with Gasteiger partial charge in [-0.3, -0.25) is 14.7 Å². The number of hydrogen-bond acceptors (Lipinski definition) is 3. The molecule has 2 aromatic heterocycles. The lowest BCUT2D eigenvalue weighted by molar-refractivity contribution is 0.0889. The lowest BCUT2D eigenvalue weighted by Gasteiger charge is -2.19. The van der Waals surface area contributed by atoms with E-state index in [1.54, 1.807) is 12.3 Å². The highest BCUT2D eigenvalue weighted by molar-refractivity contribution is 6.05. The molecule has 2 aliphatic carbocycles. The van der Waals surface area contributed by atoms with Crippen LogP contribution in [0.3, 0.4) is 0 Å². The molecule has 2 saturated carbocycles. The smallest absolute Gasteiger partial charge is 0.273 e. The molecule has 6 heteroatoms. The Morgan fingerprint density at radius 1 is 1.08 bits per heavy atom. The van der Waals surface area contributed by atoms with Crippen LogP contribution in [0.4, 0.5) is 5.82 Å². The minimum atomic E-state index is -0.272. The summed E-state index contributed by atoms with van der Waals surface area (Å²) < 4.78 is 0. The Hall–Kier alpha value is -2.37. The Labute approximate surface area is 140 Å². The third kappa shape index (κ3) is 3.13. The molecule has 0 aromatic carbocycles. The van der Waals surface area contributed by atoms with E-state index in [0.717, 1.165) is 31.4 Å². The third-order valence-corrected chi connectivity index (χ3v) is 5.04. The van der Waals surface area contributed by atoms with E-state index in [4.69, 9.17) is 0 Å². The molecule has 0 saturated heterocycles. The second-order valence-corrected chi connectivity index (χ2v) is 6.94. The highest BCUT2D eigenvalue weighted by atomic mass is 16.2. The molecule has 0 atom stereocenters. The summed E-state index contributed by atoms with van der Waals surface area (Å²) in [7, 11) is 0. The molecular formula is C18H22N4O2. The van der Waals surface area contributed by atoms with Crippen LogP contribution in [-0.2, 0) is 0 Å². The van der Waals surface area contributed by atoms with Gasteiger partial charge in [0.25, 0.3) is 5.91 Å². The van der Waals surface area contributed by atoms with Crippen molar-refractivity contribution in [1.82, 2.24) is 15.2 Å². The Morgan fingerprint density at radius 3 is 2.62 bits per heavy atom. The van der Waals surface area contributed by atoms with E-state index < -0.39 is 0 Å². The van der Waals surface area contributed by atoms with Crippen molar-refractivity contribution >= 4 is 17.5 Å². The summed E-state index contributed by atoms with van der Waals surface area (Å²) in [6, 6.07) is 3.54. The van der Waals surface area contributed by atoms with E-state index in [-0.39, 0.29) is 17.6 Å². The van der Waals surface area contributed by atoms with Gasteiger partial charge < -0.3 is 10.3 Å². The zero-order chi connectivity index (χ0) is 16.5. The van der Waals surface area contributed by atoms with Crippen LogP contribution < -0.4 is 5.32 Å². The van der Waals surface area contributed by atoms with Gasteiger partial charge in [0.15, 0.2) is 11.6 Å². The summed E-state index contributed by atoms with van der Waals surface area (Å²) in [6.07, 6.45) is 9.39. The van der Waals surface area contributed by atoms with Crippen molar-refractivity contribution in [3.63, 3.8) is 0 Å². The Bertz CT molecular complexity index is 751. The van der Waals surface area contributed by atoms with Crippen LogP contribution >= 0.6 is 0 Å². The third-order valence-electron chi connectivity index (χ3n) is 5.04. The largest absolute Gasteiger partial charge is 0.356 e. The number of carbonyl (C=O) groups excluding carboxylic acids is 2. The van der Waals surface area contributed by atoms with Gasteiger partial charge in [-0.1, -0.05) is 19.3 Å². The molecule has 24 heavy (non-hydrogen) atoms. The predicted molar refractivity (Wildman–Crippen MR) is 90.2 cm³/mol. The minimum absolute atomic E-state index is 0.109.